The van der Waals surface area contributed by atoms with Crippen molar-refractivity contribution < 1.29 is 5.11 Å². The fourth-order valence-electron chi connectivity index (χ4n) is 3.32. The van der Waals surface area contributed by atoms with Crippen LogP contribution in [0.5, 0.6) is 0 Å². The second-order valence-corrected chi connectivity index (χ2v) is 6.50. The van der Waals surface area contributed by atoms with E-state index in [9.17, 15) is 5.11 Å². The maximum absolute atomic E-state index is 9.26. The van der Waals surface area contributed by atoms with Crippen molar-refractivity contribution in [1.82, 2.24) is 4.98 Å². The Morgan fingerprint density at radius 1 is 1.24 bits per heavy atom. The molecule has 1 aromatic heterocycles. The largest absolute Gasteiger partial charge is 0.390 e. The summed E-state index contributed by atoms with van der Waals surface area (Å²) >= 11 is 0. The van der Waals surface area contributed by atoms with Gasteiger partial charge in [0.15, 0.2) is 0 Å². The summed E-state index contributed by atoms with van der Waals surface area (Å²) in [4.78, 5) is 6.57. The Labute approximate surface area is 126 Å². The number of aromatic nitrogens is 1. The van der Waals surface area contributed by atoms with Crippen molar-refractivity contribution in [2.45, 2.75) is 26.4 Å². The number of benzene rings is 1. The van der Waals surface area contributed by atoms with Gasteiger partial charge in [-0.2, -0.15) is 0 Å². The highest BCUT2D eigenvalue weighted by Crippen LogP contribution is 2.43. The van der Waals surface area contributed by atoms with E-state index in [0.29, 0.717) is 5.92 Å². The number of pyridine rings is 1. The zero-order valence-electron chi connectivity index (χ0n) is 12.7. The van der Waals surface area contributed by atoms with Crippen LogP contribution in [0.15, 0.2) is 48.7 Å². The molecule has 1 saturated heterocycles. The molecule has 3 rings (SSSR count). The van der Waals surface area contributed by atoms with Gasteiger partial charge in [-0.3, -0.25) is 4.98 Å². The van der Waals surface area contributed by atoms with Crippen LogP contribution in [0.25, 0.3) is 0 Å². The number of hydrogen-bond donors (Lipinski definition) is 1. The van der Waals surface area contributed by atoms with E-state index < -0.39 is 0 Å². The van der Waals surface area contributed by atoms with E-state index in [4.69, 9.17) is 0 Å². The van der Waals surface area contributed by atoms with Gasteiger partial charge in [0.25, 0.3) is 0 Å². The molecule has 1 aliphatic heterocycles. The van der Waals surface area contributed by atoms with Crippen LogP contribution in [-0.4, -0.2) is 23.2 Å². The predicted octanol–water partition coefficient (Wildman–Crippen LogP) is 3.20. The highest BCUT2D eigenvalue weighted by molar-refractivity contribution is 5.49. The minimum absolute atomic E-state index is 0.00676. The van der Waals surface area contributed by atoms with Gasteiger partial charge in [-0.05, 0) is 23.1 Å². The topological polar surface area (TPSA) is 36.4 Å². The van der Waals surface area contributed by atoms with Gasteiger partial charge in [0.2, 0.25) is 0 Å². The standard InChI is InChI=1S/C18H22N2O/c1-18(2)13-20(16-8-9-19-15(10-16)12-21)11-17(18)14-6-4-3-5-7-14/h3-10,17,21H,11-13H2,1-2H3/t17-/m1/s1. The van der Waals surface area contributed by atoms with E-state index in [0.717, 1.165) is 24.5 Å². The Balaban J connectivity index is 1.87. The second kappa shape index (κ2) is 5.49. The highest BCUT2D eigenvalue weighted by Gasteiger charge is 2.40. The number of aliphatic hydroxyl groups excluding tert-OH is 1. The number of aliphatic hydroxyl groups is 1. The van der Waals surface area contributed by atoms with Crippen molar-refractivity contribution in [3.05, 3.63) is 59.9 Å². The van der Waals surface area contributed by atoms with Crippen molar-refractivity contribution in [1.29, 1.82) is 0 Å². The summed E-state index contributed by atoms with van der Waals surface area (Å²) in [6, 6.07) is 14.8. The van der Waals surface area contributed by atoms with Crippen LogP contribution < -0.4 is 4.90 Å². The summed E-state index contributed by atoms with van der Waals surface area (Å²) < 4.78 is 0. The molecule has 3 nitrogen and oxygen atoms in total. The van der Waals surface area contributed by atoms with Gasteiger partial charge in [0.05, 0.1) is 12.3 Å². The summed E-state index contributed by atoms with van der Waals surface area (Å²) in [7, 11) is 0. The molecule has 21 heavy (non-hydrogen) atoms. The van der Waals surface area contributed by atoms with E-state index in [2.05, 4.69) is 54.1 Å². The third kappa shape index (κ3) is 2.79. The summed E-state index contributed by atoms with van der Waals surface area (Å²) in [6.07, 6.45) is 1.78. The van der Waals surface area contributed by atoms with Gasteiger partial charge in [0, 0.05) is 30.9 Å². The van der Waals surface area contributed by atoms with Crippen LogP contribution in [0.3, 0.4) is 0 Å². The molecule has 1 aliphatic rings. The molecule has 0 spiro atoms. The van der Waals surface area contributed by atoms with E-state index >= 15 is 0 Å². The molecule has 1 N–H and O–H groups in total. The van der Waals surface area contributed by atoms with Gasteiger partial charge in [0.1, 0.15) is 0 Å². The molecule has 1 fully saturated rings. The molecule has 2 aromatic rings. The Morgan fingerprint density at radius 2 is 2.00 bits per heavy atom. The van der Waals surface area contributed by atoms with E-state index in [-0.39, 0.29) is 12.0 Å². The SMILES string of the molecule is CC1(C)CN(c2ccnc(CO)c2)C[C@@H]1c1ccccc1. The first-order chi connectivity index (χ1) is 10.1. The Bertz CT molecular complexity index is 610. The second-order valence-electron chi connectivity index (χ2n) is 6.50. The fraction of sp³-hybridized carbons (Fsp3) is 0.389. The molecule has 0 unspecified atom stereocenters. The van der Waals surface area contributed by atoms with Crippen LogP contribution in [-0.2, 0) is 6.61 Å². The molecule has 1 atom stereocenters. The third-order valence-corrected chi connectivity index (χ3v) is 4.47. The molecule has 3 heteroatoms. The maximum Gasteiger partial charge on any atom is 0.0853 e. The average molecular weight is 282 g/mol. The Kier molecular flexibility index (Phi) is 3.68. The van der Waals surface area contributed by atoms with Gasteiger partial charge < -0.3 is 10.0 Å². The smallest absolute Gasteiger partial charge is 0.0853 e. The van der Waals surface area contributed by atoms with E-state index in [1.54, 1.807) is 6.20 Å². The monoisotopic (exact) mass is 282 g/mol. The van der Waals surface area contributed by atoms with Crippen LogP contribution in [0.4, 0.5) is 5.69 Å². The third-order valence-electron chi connectivity index (χ3n) is 4.47. The van der Waals surface area contributed by atoms with Crippen molar-refractivity contribution in [2.75, 3.05) is 18.0 Å². The lowest BCUT2D eigenvalue weighted by molar-refractivity contribution is 0.277. The van der Waals surface area contributed by atoms with Crippen LogP contribution in [0.1, 0.15) is 31.0 Å². The molecule has 1 aromatic carbocycles. The van der Waals surface area contributed by atoms with Crippen molar-refractivity contribution in [3.8, 4) is 0 Å². The lowest BCUT2D eigenvalue weighted by atomic mass is 9.78. The summed E-state index contributed by atoms with van der Waals surface area (Å²) in [5.41, 5.74) is 3.51. The zero-order chi connectivity index (χ0) is 14.9. The van der Waals surface area contributed by atoms with Crippen molar-refractivity contribution in [2.24, 2.45) is 5.41 Å². The molecule has 110 valence electrons. The van der Waals surface area contributed by atoms with Gasteiger partial charge in [-0.25, -0.2) is 0 Å². The average Bonchev–Trinajstić information content (AvgIpc) is 2.84. The molecule has 2 heterocycles. The van der Waals surface area contributed by atoms with Crippen LogP contribution in [0, 0.1) is 5.41 Å². The number of rotatable bonds is 3. The van der Waals surface area contributed by atoms with Gasteiger partial charge >= 0.3 is 0 Å². The molecular weight excluding hydrogens is 260 g/mol. The maximum atomic E-state index is 9.26. The highest BCUT2D eigenvalue weighted by atomic mass is 16.3. The number of hydrogen-bond acceptors (Lipinski definition) is 3. The van der Waals surface area contributed by atoms with Gasteiger partial charge in [-0.1, -0.05) is 44.2 Å². The van der Waals surface area contributed by atoms with E-state index in [1.165, 1.54) is 5.56 Å². The summed E-state index contributed by atoms with van der Waals surface area (Å²) in [5.74, 6) is 0.518. The first-order valence-corrected chi connectivity index (χ1v) is 7.46. The predicted molar refractivity (Wildman–Crippen MR) is 85.3 cm³/mol. The number of nitrogens with zero attached hydrogens (tertiary/aromatic N) is 2. The molecule has 0 radical (unpaired) electrons. The Morgan fingerprint density at radius 3 is 2.71 bits per heavy atom. The van der Waals surface area contributed by atoms with Crippen LogP contribution in [0.2, 0.25) is 0 Å². The first kappa shape index (κ1) is 14.1. The lowest BCUT2D eigenvalue weighted by Gasteiger charge is -2.25. The van der Waals surface area contributed by atoms with Crippen LogP contribution >= 0.6 is 0 Å². The quantitative estimate of drug-likeness (QED) is 0.939. The minimum Gasteiger partial charge on any atom is -0.390 e. The van der Waals surface area contributed by atoms with E-state index in [1.807, 2.05) is 12.1 Å². The molecular formula is C18H22N2O. The van der Waals surface area contributed by atoms with Crippen molar-refractivity contribution >= 4 is 5.69 Å². The molecule has 0 amide bonds. The molecule has 0 saturated carbocycles. The molecule has 0 bridgehead atoms. The normalized spacial score (nSPS) is 20.7. The Hall–Kier alpha value is -1.87. The number of anilines is 1. The zero-order valence-corrected chi connectivity index (χ0v) is 12.7. The minimum atomic E-state index is -0.00676. The molecule has 0 aliphatic carbocycles. The first-order valence-electron chi connectivity index (χ1n) is 7.46. The lowest BCUT2D eigenvalue weighted by Crippen LogP contribution is -2.23. The van der Waals surface area contributed by atoms with Crippen molar-refractivity contribution in [3.63, 3.8) is 0 Å². The summed E-state index contributed by atoms with van der Waals surface area (Å²) in [6.45, 7) is 6.68. The fourth-order valence-corrected chi connectivity index (χ4v) is 3.32. The summed E-state index contributed by atoms with van der Waals surface area (Å²) in [5, 5.41) is 9.26. The van der Waals surface area contributed by atoms with Gasteiger partial charge in [-0.15, -0.1) is 0 Å².